The Morgan fingerprint density at radius 1 is 1.17 bits per heavy atom. The van der Waals surface area contributed by atoms with Crippen LogP contribution >= 0.6 is 0 Å². The number of pyridine rings is 1. The zero-order valence-electron chi connectivity index (χ0n) is 16.2. The quantitative estimate of drug-likeness (QED) is 0.582. The molecule has 3 aromatic rings. The van der Waals surface area contributed by atoms with Crippen molar-refractivity contribution in [1.29, 1.82) is 0 Å². The molecule has 0 saturated carbocycles. The van der Waals surface area contributed by atoms with Crippen molar-refractivity contribution >= 4 is 40.1 Å². The van der Waals surface area contributed by atoms with Crippen LogP contribution in [0.4, 0.5) is 23.1 Å². The highest BCUT2D eigenvalue weighted by molar-refractivity contribution is 6.01. The summed E-state index contributed by atoms with van der Waals surface area (Å²) in [4.78, 5) is 35.6. The molecule has 4 heterocycles. The Hall–Kier alpha value is -3.66. The van der Waals surface area contributed by atoms with Crippen molar-refractivity contribution in [3.63, 3.8) is 0 Å². The summed E-state index contributed by atoms with van der Waals surface area (Å²) in [7, 11) is 0. The highest BCUT2D eigenvalue weighted by atomic mass is 16.5. The van der Waals surface area contributed by atoms with Crippen LogP contribution in [-0.4, -0.2) is 53.3 Å². The molecule has 2 aromatic heterocycles. The zero-order valence-corrected chi connectivity index (χ0v) is 16.2. The van der Waals surface area contributed by atoms with Gasteiger partial charge in [0.15, 0.2) is 5.65 Å². The maximum atomic E-state index is 12.7. The highest BCUT2D eigenvalue weighted by Crippen LogP contribution is 2.25. The molecule has 154 valence electrons. The summed E-state index contributed by atoms with van der Waals surface area (Å²) in [5, 5.41) is 6.51. The molecule has 0 atom stereocenters. The number of anilines is 4. The average Bonchev–Trinajstić information content (AvgIpc) is 3.24. The Kier molecular flexibility index (Phi) is 4.47. The molecule has 0 radical (unpaired) electrons. The molecule has 10 nitrogen and oxygen atoms in total. The van der Waals surface area contributed by atoms with E-state index in [2.05, 4.69) is 25.5 Å². The highest BCUT2D eigenvalue weighted by Gasteiger charge is 2.25. The van der Waals surface area contributed by atoms with Gasteiger partial charge in [-0.2, -0.15) is 4.98 Å². The molecule has 30 heavy (non-hydrogen) atoms. The molecule has 5 rings (SSSR count). The lowest BCUT2D eigenvalue weighted by Gasteiger charge is -2.28. The van der Waals surface area contributed by atoms with E-state index < -0.39 is 11.3 Å². The average molecular weight is 407 g/mol. The van der Waals surface area contributed by atoms with Crippen molar-refractivity contribution in [2.75, 3.05) is 48.4 Å². The number of rotatable bonds is 4. The lowest BCUT2D eigenvalue weighted by molar-refractivity contribution is 0.1000. The van der Waals surface area contributed by atoms with E-state index >= 15 is 0 Å². The summed E-state index contributed by atoms with van der Waals surface area (Å²) in [6.45, 7) is 4.40. The Morgan fingerprint density at radius 2 is 1.93 bits per heavy atom. The van der Waals surface area contributed by atoms with Crippen LogP contribution in [0.3, 0.4) is 0 Å². The van der Waals surface area contributed by atoms with Crippen molar-refractivity contribution in [3.8, 4) is 0 Å². The Bertz CT molecular complexity index is 1180. The predicted octanol–water partition coefficient (Wildman–Crippen LogP) is 0.896. The largest absolute Gasteiger partial charge is 0.378 e. The maximum Gasteiger partial charge on any atom is 0.256 e. The number of carbonyl (C=O) groups is 1. The summed E-state index contributed by atoms with van der Waals surface area (Å²) in [5.41, 5.74) is 7.35. The van der Waals surface area contributed by atoms with Gasteiger partial charge in [0.1, 0.15) is 11.4 Å². The lowest BCUT2D eigenvalue weighted by atomic mass is 10.2. The third-order valence-corrected chi connectivity index (χ3v) is 5.38. The van der Waals surface area contributed by atoms with Gasteiger partial charge in [-0.3, -0.25) is 9.59 Å². The first kappa shape index (κ1) is 18.4. The number of hydrogen-bond donors (Lipinski definition) is 3. The molecular weight excluding hydrogens is 386 g/mol. The second-order valence-corrected chi connectivity index (χ2v) is 7.20. The summed E-state index contributed by atoms with van der Waals surface area (Å²) in [6, 6.07) is 8.01. The van der Waals surface area contributed by atoms with Crippen LogP contribution in [0.15, 0.2) is 35.3 Å². The number of primary amides is 1. The molecule has 0 unspecified atom stereocenters. The van der Waals surface area contributed by atoms with Crippen molar-refractivity contribution < 1.29 is 9.53 Å². The van der Waals surface area contributed by atoms with Gasteiger partial charge in [0, 0.05) is 43.8 Å². The Morgan fingerprint density at radius 3 is 2.67 bits per heavy atom. The number of nitrogens with one attached hydrogen (secondary N) is 2. The first-order valence-corrected chi connectivity index (χ1v) is 9.79. The number of nitrogens with zero attached hydrogens (tertiary/aromatic N) is 4. The second-order valence-electron chi connectivity index (χ2n) is 7.20. The zero-order chi connectivity index (χ0) is 20.7. The molecule has 1 amide bonds. The molecule has 2 aliphatic rings. The topological polar surface area (TPSA) is 127 Å². The number of carbonyl (C=O) groups excluding carboxylic acids is 1. The minimum atomic E-state index is -0.761. The summed E-state index contributed by atoms with van der Waals surface area (Å²) >= 11 is 0. The maximum absolute atomic E-state index is 12.7. The SMILES string of the molecule is NC(=O)c1c2n(c3nc(Nc4ccc(N5CCOCC5)cc4)ncc3c1=O)CCN2. The van der Waals surface area contributed by atoms with E-state index in [1.54, 1.807) is 4.57 Å². The Balaban J connectivity index is 1.46. The van der Waals surface area contributed by atoms with Crippen LogP contribution < -0.4 is 26.7 Å². The third kappa shape index (κ3) is 3.11. The van der Waals surface area contributed by atoms with Gasteiger partial charge in [0.05, 0.1) is 18.6 Å². The first-order valence-electron chi connectivity index (χ1n) is 9.79. The second kappa shape index (κ2) is 7.30. The van der Waals surface area contributed by atoms with Gasteiger partial charge in [-0.25, -0.2) is 4.98 Å². The van der Waals surface area contributed by atoms with Gasteiger partial charge in [-0.15, -0.1) is 0 Å². The molecular formula is C20H21N7O3. The van der Waals surface area contributed by atoms with Crippen LogP contribution in [0.2, 0.25) is 0 Å². The standard InChI is InChI=1S/C20H21N7O3/c21-17(29)15-16(28)14-11-23-20(25-18(14)27-6-5-22-19(15)27)24-12-1-3-13(4-2-12)26-7-9-30-10-8-26/h1-4,11,22H,5-10H2,(H2,21,29)(H,23,24,25). The summed E-state index contributed by atoms with van der Waals surface area (Å²) in [5.74, 6) is 0.0246. The molecule has 2 aliphatic heterocycles. The fraction of sp³-hybridized carbons (Fsp3) is 0.300. The smallest absolute Gasteiger partial charge is 0.256 e. The molecule has 1 fully saturated rings. The van der Waals surface area contributed by atoms with Gasteiger partial charge < -0.3 is 30.6 Å². The normalized spacial score (nSPS) is 15.7. The molecule has 0 spiro atoms. The van der Waals surface area contributed by atoms with Crippen LogP contribution in [0, 0.1) is 0 Å². The monoisotopic (exact) mass is 407 g/mol. The lowest BCUT2D eigenvalue weighted by Crippen LogP contribution is -2.36. The van der Waals surface area contributed by atoms with E-state index in [-0.39, 0.29) is 10.9 Å². The van der Waals surface area contributed by atoms with E-state index in [0.717, 1.165) is 37.7 Å². The molecule has 1 saturated heterocycles. The van der Waals surface area contributed by atoms with Crippen molar-refractivity contribution in [3.05, 3.63) is 46.2 Å². The third-order valence-electron chi connectivity index (χ3n) is 5.38. The molecule has 4 N–H and O–H groups in total. The molecule has 1 aromatic carbocycles. The molecule has 0 aliphatic carbocycles. The van der Waals surface area contributed by atoms with Gasteiger partial charge >= 0.3 is 0 Å². The number of hydrogen-bond acceptors (Lipinski definition) is 8. The fourth-order valence-corrected chi connectivity index (χ4v) is 3.90. The minimum absolute atomic E-state index is 0.0528. The van der Waals surface area contributed by atoms with E-state index in [9.17, 15) is 9.59 Å². The van der Waals surface area contributed by atoms with Gasteiger partial charge in [0.25, 0.3) is 5.91 Å². The Labute approximate surface area is 171 Å². The van der Waals surface area contributed by atoms with E-state index in [0.29, 0.717) is 30.5 Å². The van der Waals surface area contributed by atoms with E-state index in [1.807, 2.05) is 24.3 Å². The van der Waals surface area contributed by atoms with Crippen LogP contribution in [0.5, 0.6) is 0 Å². The number of amides is 1. The molecule has 0 bridgehead atoms. The number of morpholine rings is 1. The van der Waals surface area contributed by atoms with Crippen molar-refractivity contribution in [2.24, 2.45) is 5.73 Å². The number of fused-ring (bicyclic) bond motifs is 3. The predicted molar refractivity (Wildman–Crippen MR) is 114 cm³/mol. The number of aromatic nitrogens is 3. The number of benzene rings is 1. The first-order chi connectivity index (χ1) is 14.6. The van der Waals surface area contributed by atoms with Crippen LogP contribution in [0.25, 0.3) is 11.0 Å². The van der Waals surface area contributed by atoms with Gasteiger partial charge in [-0.1, -0.05) is 0 Å². The van der Waals surface area contributed by atoms with Crippen molar-refractivity contribution in [1.82, 2.24) is 14.5 Å². The van der Waals surface area contributed by atoms with Gasteiger partial charge in [-0.05, 0) is 24.3 Å². The number of nitrogens with two attached hydrogens (primary N) is 1. The molecule has 10 heteroatoms. The van der Waals surface area contributed by atoms with Crippen LogP contribution in [0.1, 0.15) is 10.4 Å². The van der Waals surface area contributed by atoms with E-state index in [1.165, 1.54) is 6.20 Å². The summed E-state index contributed by atoms with van der Waals surface area (Å²) < 4.78 is 7.19. The fourth-order valence-electron chi connectivity index (χ4n) is 3.90. The minimum Gasteiger partial charge on any atom is -0.378 e. The van der Waals surface area contributed by atoms with Gasteiger partial charge in [0.2, 0.25) is 11.4 Å². The van der Waals surface area contributed by atoms with Crippen molar-refractivity contribution in [2.45, 2.75) is 6.54 Å². The van der Waals surface area contributed by atoms with E-state index in [4.69, 9.17) is 10.5 Å². The number of ether oxygens (including phenoxy) is 1. The summed E-state index contributed by atoms with van der Waals surface area (Å²) in [6.07, 6.45) is 1.44. The van der Waals surface area contributed by atoms with Crippen LogP contribution in [-0.2, 0) is 11.3 Å².